The van der Waals surface area contributed by atoms with E-state index >= 15 is 0 Å². The number of sulfonamides is 1. The van der Waals surface area contributed by atoms with Crippen LogP contribution in [0.5, 0.6) is 0 Å². The molecule has 76 valence electrons. The molecule has 0 spiro atoms. The van der Waals surface area contributed by atoms with Crippen LogP contribution in [0.1, 0.15) is 18.4 Å². The van der Waals surface area contributed by atoms with Crippen molar-refractivity contribution in [3.8, 4) is 0 Å². The molecule has 1 aromatic carbocycles. The smallest absolute Gasteiger partial charge is 0.211 e. The molecule has 0 aromatic heterocycles. The number of fused-ring (bicyclic) bond motifs is 1. The van der Waals surface area contributed by atoms with E-state index in [1.807, 2.05) is 12.1 Å². The summed E-state index contributed by atoms with van der Waals surface area (Å²) in [5, 5.41) is 0. The van der Waals surface area contributed by atoms with Crippen molar-refractivity contribution in [2.45, 2.75) is 24.2 Å². The summed E-state index contributed by atoms with van der Waals surface area (Å²) in [5.41, 5.74) is 0.930. The number of nitrogens with one attached hydrogen (secondary N) is 1. The Kier molecular flexibility index (Phi) is 2.56. The lowest BCUT2D eigenvalue weighted by molar-refractivity contribution is 0.569. The van der Waals surface area contributed by atoms with E-state index in [1.165, 1.54) is 0 Å². The van der Waals surface area contributed by atoms with E-state index in [0.29, 0.717) is 11.4 Å². The van der Waals surface area contributed by atoms with E-state index in [-0.39, 0.29) is 0 Å². The average molecular weight is 211 g/mol. The third kappa shape index (κ3) is 1.81. The topological polar surface area (TPSA) is 46.2 Å². The lowest BCUT2D eigenvalue weighted by Crippen LogP contribution is -2.27. The summed E-state index contributed by atoms with van der Waals surface area (Å²) in [4.78, 5) is 0.444. The first kappa shape index (κ1) is 9.68. The zero-order valence-corrected chi connectivity index (χ0v) is 8.68. The highest BCUT2D eigenvalue weighted by Gasteiger charge is 2.18. The van der Waals surface area contributed by atoms with Gasteiger partial charge in [0.15, 0.2) is 0 Å². The number of benzene rings is 1. The predicted molar refractivity (Wildman–Crippen MR) is 54.6 cm³/mol. The first-order valence-corrected chi connectivity index (χ1v) is 6.26. The molecule has 0 radical (unpaired) electrons. The van der Waals surface area contributed by atoms with Crippen LogP contribution in [0.4, 0.5) is 0 Å². The number of hydrogen-bond donors (Lipinski definition) is 1. The molecule has 0 amide bonds. The molecular weight excluding hydrogens is 198 g/mol. The second-order valence-electron chi connectivity index (χ2n) is 3.46. The summed E-state index contributed by atoms with van der Waals surface area (Å²) in [6.45, 7) is 0.552. The fourth-order valence-corrected chi connectivity index (χ4v) is 3.04. The summed E-state index contributed by atoms with van der Waals surface area (Å²) in [6, 6.07) is 7.21. The van der Waals surface area contributed by atoms with Crippen LogP contribution < -0.4 is 4.72 Å². The molecular formula is C10H13NO2S. The van der Waals surface area contributed by atoms with Crippen molar-refractivity contribution in [3.63, 3.8) is 0 Å². The van der Waals surface area contributed by atoms with Crippen LogP contribution in [-0.4, -0.2) is 15.0 Å². The van der Waals surface area contributed by atoms with Crippen molar-refractivity contribution in [1.82, 2.24) is 4.72 Å². The second kappa shape index (κ2) is 3.71. The second-order valence-corrected chi connectivity index (χ2v) is 5.20. The third-order valence-corrected chi connectivity index (χ3v) is 3.99. The van der Waals surface area contributed by atoms with Crippen LogP contribution in [0.25, 0.3) is 0 Å². The van der Waals surface area contributed by atoms with Crippen LogP contribution in [0.3, 0.4) is 0 Å². The minimum atomic E-state index is -3.25. The van der Waals surface area contributed by atoms with Crippen LogP contribution >= 0.6 is 0 Å². The maximum Gasteiger partial charge on any atom is 0.240 e. The summed E-state index contributed by atoms with van der Waals surface area (Å²) in [6.07, 6.45) is 2.81. The van der Waals surface area contributed by atoms with Gasteiger partial charge in [-0.15, -0.1) is 0 Å². The van der Waals surface area contributed by atoms with Crippen molar-refractivity contribution in [1.29, 1.82) is 0 Å². The Morgan fingerprint density at radius 3 is 2.79 bits per heavy atom. The maximum absolute atomic E-state index is 11.7. The minimum Gasteiger partial charge on any atom is -0.211 e. The van der Waals surface area contributed by atoms with Crippen molar-refractivity contribution in [2.75, 3.05) is 6.54 Å². The van der Waals surface area contributed by atoms with Crippen molar-refractivity contribution in [2.24, 2.45) is 0 Å². The van der Waals surface area contributed by atoms with Crippen LogP contribution in [0.15, 0.2) is 29.2 Å². The number of rotatable bonds is 0. The van der Waals surface area contributed by atoms with Gasteiger partial charge in [-0.25, -0.2) is 13.1 Å². The van der Waals surface area contributed by atoms with Gasteiger partial charge in [0.2, 0.25) is 10.0 Å². The molecule has 0 fully saturated rings. The van der Waals surface area contributed by atoms with Gasteiger partial charge < -0.3 is 0 Å². The number of hydrogen-bond acceptors (Lipinski definition) is 2. The van der Waals surface area contributed by atoms with E-state index in [9.17, 15) is 8.42 Å². The molecule has 2 rings (SSSR count). The molecule has 0 saturated carbocycles. The van der Waals surface area contributed by atoms with Gasteiger partial charge in [0, 0.05) is 6.54 Å². The Labute approximate surface area is 84.2 Å². The molecule has 1 heterocycles. The monoisotopic (exact) mass is 211 g/mol. The minimum absolute atomic E-state index is 0.444. The van der Waals surface area contributed by atoms with Crippen LogP contribution in [0, 0.1) is 0 Å². The summed E-state index contributed by atoms with van der Waals surface area (Å²) < 4.78 is 26.1. The molecule has 1 aliphatic rings. The molecule has 0 bridgehead atoms. The molecule has 3 nitrogen and oxygen atoms in total. The molecule has 1 aromatic rings. The highest BCUT2D eigenvalue weighted by atomic mass is 32.2. The highest BCUT2D eigenvalue weighted by Crippen LogP contribution is 2.19. The van der Waals surface area contributed by atoms with E-state index in [0.717, 1.165) is 24.8 Å². The van der Waals surface area contributed by atoms with Gasteiger partial charge in [0.1, 0.15) is 0 Å². The van der Waals surface area contributed by atoms with Gasteiger partial charge in [-0.2, -0.15) is 0 Å². The van der Waals surface area contributed by atoms with Gasteiger partial charge in [-0.3, -0.25) is 0 Å². The standard InChI is InChI=1S/C10H13NO2S/c12-14(13)10-7-2-1-5-9(10)6-3-4-8-11-14/h1-2,5,7,11H,3-4,6,8H2. The number of aryl methyl sites for hydroxylation is 1. The van der Waals surface area contributed by atoms with Gasteiger partial charge in [-0.1, -0.05) is 18.2 Å². The lowest BCUT2D eigenvalue weighted by atomic mass is 10.1. The molecule has 1 N–H and O–H groups in total. The molecule has 4 heteroatoms. The first-order valence-electron chi connectivity index (χ1n) is 4.78. The predicted octanol–water partition coefficient (Wildman–Crippen LogP) is 1.30. The quantitative estimate of drug-likeness (QED) is 0.703. The van der Waals surface area contributed by atoms with E-state index in [4.69, 9.17) is 0 Å². The Bertz CT molecular complexity index is 426. The molecule has 0 saturated heterocycles. The Hall–Kier alpha value is -0.870. The normalized spacial score (nSPS) is 20.6. The van der Waals surface area contributed by atoms with Gasteiger partial charge in [-0.05, 0) is 30.9 Å². The fourth-order valence-electron chi connectivity index (χ4n) is 1.70. The van der Waals surface area contributed by atoms with E-state index in [1.54, 1.807) is 12.1 Å². The Morgan fingerprint density at radius 2 is 1.93 bits per heavy atom. The third-order valence-electron chi connectivity index (χ3n) is 2.43. The highest BCUT2D eigenvalue weighted by molar-refractivity contribution is 7.89. The summed E-state index contributed by atoms with van der Waals surface area (Å²) in [7, 11) is -3.25. The van der Waals surface area contributed by atoms with E-state index in [2.05, 4.69) is 4.72 Å². The van der Waals surface area contributed by atoms with Crippen molar-refractivity contribution < 1.29 is 8.42 Å². The fraction of sp³-hybridized carbons (Fsp3) is 0.400. The summed E-state index contributed by atoms with van der Waals surface area (Å²) >= 11 is 0. The molecule has 0 aliphatic carbocycles. The van der Waals surface area contributed by atoms with Gasteiger partial charge >= 0.3 is 0 Å². The van der Waals surface area contributed by atoms with Gasteiger partial charge in [0.25, 0.3) is 0 Å². The van der Waals surface area contributed by atoms with Crippen LogP contribution in [-0.2, 0) is 16.4 Å². The summed E-state index contributed by atoms with van der Waals surface area (Å²) in [5.74, 6) is 0. The molecule has 0 atom stereocenters. The Morgan fingerprint density at radius 1 is 1.14 bits per heavy atom. The molecule has 0 unspecified atom stereocenters. The van der Waals surface area contributed by atoms with Crippen LogP contribution in [0.2, 0.25) is 0 Å². The zero-order chi connectivity index (χ0) is 10.0. The SMILES string of the molecule is O=S1(=O)NCCCCc2ccccc21. The van der Waals surface area contributed by atoms with Crippen molar-refractivity contribution >= 4 is 10.0 Å². The van der Waals surface area contributed by atoms with Gasteiger partial charge in [0.05, 0.1) is 4.90 Å². The lowest BCUT2D eigenvalue weighted by Gasteiger charge is -2.14. The Balaban J connectivity index is 2.53. The first-order chi connectivity index (χ1) is 6.70. The van der Waals surface area contributed by atoms with Crippen molar-refractivity contribution in [3.05, 3.63) is 29.8 Å². The van der Waals surface area contributed by atoms with E-state index < -0.39 is 10.0 Å². The average Bonchev–Trinajstić information content (AvgIpc) is 2.15. The molecule has 1 aliphatic heterocycles. The molecule has 14 heavy (non-hydrogen) atoms. The maximum atomic E-state index is 11.7. The zero-order valence-electron chi connectivity index (χ0n) is 7.86. The largest absolute Gasteiger partial charge is 0.240 e.